The van der Waals surface area contributed by atoms with E-state index >= 15 is 0 Å². The van der Waals surface area contributed by atoms with Crippen LogP contribution in [0.4, 0.5) is 0 Å². The molecule has 3 atom stereocenters. The summed E-state index contributed by atoms with van der Waals surface area (Å²) < 4.78 is 16.9. The van der Waals surface area contributed by atoms with Gasteiger partial charge in [-0.3, -0.25) is 4.79 Å². The first kappa shape index (κ1) is 11.8. The lowest BCUT2D eigenvalue weighted by Crippen LogP contribution is -2.41. The molecule has 0 aliphatic carbocycles. The number of ether oxygens (including phenoxy) is 3. The maximum atomic E-state index is 11.5. The minimum absolute atomic E-state index is 0.151. The maximum Gasteiger partial charge on any atom is 0.163 e. The van der Waals surface area contributed by atoms with Gasteiger partial charge in [-0.2, -0.15) is 0 Å². The molecule has 2 aliphatic heterocycles. The van der Waals surface area contributed by atoms with Crippen LogP contribution in [0.25, 0.3) is 0 Å². The fourth-order valence-electron chi connectivity index (χ4n) is 2.11. The van der Waals surface area contributed by atoms with E-state index in [0.29, 0.717) is 19.4 Å². The lowest BCUT2D eigenvalue weighted by molar-refractivity contribution is -0.169. The van der Waals surface area contributed by atoms with E-state index in [4.69, 9.17) is 14.2 Å². The molecule has 90 valence electrons. The summed E-state index contributed by atoms with van der Waals surface area (Å²) in [5, 5.41) is 0. The normalized spacial score (nSPS) is 38.6. The molecule has 2 heterocycles. The van der Waals surface area contributed by atoms with Crippen LogP contribution in [-0.4, -0.2) is 36.5 Å². The third-order valence-corrected chi connectivity index (χ3v) is 2.92. The summed E-state index contributed by atoms with van der Waals surface area (Å²) >= 11 is 0. The van der Waals surface area contributed by atoms with Crippen molar-refractivity contribution >= 4 is 5.78 Å². The number of hydrogen-bond donors (Lipinski definition) is 0. The van der Waals surface area contributed by atoms with Crippen molar-refractivity contribution in [3.63, 3.8) is 0 Å². The molecule has 0 saturated carbocycles. The van der Waals surface area contributed by atoms with E-state index in [1.807, 2.05) is 13.8 Å². The van der Waals surface area contributed by atoms with Gasteiger partial charge in [0.2, 0.25) is 0 Å². The monoisotopic (exact) mass is 226 g/mol. The number of ketones is 1. The number of Topliss-reactive ketones (excluding diaryl/α,β-unsaturated/α-hetero) is 1. The molecule has 4 nitrogen and oxygen atoms in total. The molecule has 0 amide bonds. The minimum atomic E-state index is -0.571. The third-order valence-electron chi connectivity index (χ3n) is 2.92. The van der Waals surface area contributed by atoms with Crippen LogP contribution in [0.2, 0.25) is 0 Å². The second kappa shape index (κ2) is 4.28. The molecule has 0 N–H and O–H groups in total. The minimum Gasteiger partial charge on any atom is -0.367 e. The van der Waals surface area contributed by atoms with Crippen molar-refractivity contribution in [1.82, 2.24) is 0 Å². The van der Waals surface area contributed by atoms with E-state index in [9.17, 15) is 4.79 Å². The van der Waals surface area contributed by atoms with E-state index in [2.05, 4.69) is 6.58 Å². The van der Waals surface area contributed by atoms with Crippen LogP contribution in [0.1, 0.15) is 26.7 Å². The van der Waals surface area contributed by atoms with Crippen molar-refractivity contribution in [2.45, 2.75) is 50.8 Å². The Morgan fingerprint density at radius 2 is 2.12 bits per heavy atom. The highest BCUT2D eigenvalue weighted by molar-refractivity contribution is 5.80. The molecule has 0 aromatic carbocycles. The second-order valence-corrected chi connectivity index (χ2v) is 4.76. The van der Waals surface area contributed by atoms with Gasteiger partial charge in [-0.1, -0.05) is 6.08 Å². The summed E-state index contributed by atoms with van der Waals surface area (Å²) in [6, 6.07) is 0. The van der Waals surface area contributed by atoms with E-state index in [1.54, 1.807) is 6.08 Å². The SMILES string of the molecule is C=C[C@@H]1CC(=O)C[C@@H]([C@H]2COC(C)(C)O2)O1. The average molecular weight is 226 g/mol. The summed E-state index contributed by atoms with van der Waals surface area (Å²) in [7, 11) is 0. The molecule has 0 spiro atoms. The third kappa shape index (κ3) is 2.51. The predicted octanol–water partition coefficient (Wildman–Crippen LogP) is 1.44. The molecular weight excluding hydrogens is 208 g/mol. The number of carbonyl (C=O) groups excluding carboxylic acids is 1. The van der Waals surface area contributed by atoms with E-state index in [1.165, 1.54) is 0 Å². The van der Waals surface area contributed by atoms with Gasteiger partial charge in [0.05, 0.1) is 18.8 Å². The molecule has 4 heteroatoms. The topological polar surface area (TPSA) is 44.8 Å². The summed E-state index contributed by atoms with van der Waals surface area (Å²) in [4.78, 5) is 11.5. The molecule has 0 bridgehead atoms. The maximum absolute atomic E-state index is 11.5. The van der Waals surface area contributed by atoms with Gasteiger partial charge in [-0.15, -0.1) is 6.58 Å². The Bertz CT molecular complexity index is 297. The van der Waals surface area contributed by atoms with Gasteiger partial charge in [-0.25, -0.2) is 0 Å². The lowest BCUT2D eigenvalue weighted by Gasteiger charge is -2.31. The Hall–Kier alpha value is -0.710. The standard InChI is InChI=1S/C12H18O4/c1-4-9-5-8(13)6-10(15-9)11-7-14-12(2,3)16-11/h4,9-11H,1,5-7H2,2-3H3/t9-,10+,11-/m1/s1. The van der Waals surface area contributed by atoms with E-state index < -0.39 is 5.79 Å². The molecule has 2 fully saturated rings. The molecule has 0 aromatic rings. The molecular formula is C12H18O4. The molecule has 2 saturated heterocycles. The molecule has 2 aliphatic rings. The van der Waals surface area contributed by atoms with Crippen LogP contribution in [0.15, 0.2) is 12.7 Å². The van der Waals surface area contributed by atoms with Crippen LogP contribution in [-0.2, 0) is 19.0 Å². The molecule has 0 aromatic heterocycles. The van der Waals surface area contributed by atoms with Crippen molar-refractivity contribution in [2.24, 2.45) is 0 Å². The Morgan fingerprint density at radius 1 is 1.38 bits per heavy atom. The van der Waals surface area contributed by atoms with Gasteiger partial charge < -0.3 is 14.2 Å². The molecule has 16 heavy (non-hydrogen) atoms. The Kier molecular flexibility index (Phi) is 3.15. The summed E-state index contributed by atoms with van der Waals surface area (Å²) in [5.41, 5.74) is 0. The zero-order valence-electron chi connectivity index (χ0n) is 9.77. The van der Waals surface area contributed by atoms with Crippen LogP contribution < -0.4 is 0 Å². The van der Waals surface area contributed by atoms with Crippen LogP contribution in [0, 0.1) is 0 Å². The Labute approximate surface area is 95.6 Å². The van der Waals surface area contributed by atoms with Gasteiger partial charge >= 0.3 is 0 Å². The van der Waals surface area contributed by atoms with Gasteiger partial charge in [0.1, 0.15) is 11.9 Å². The van der Waals surface area contributed by atoms with Crippen molar-refractivity contribution in [3.05, 3.63) is 12.7 Å². The van der Waals surface area contributed by atoms with Crippen LogP contribution in [0.5, 0.6) is 0 Å². The van der Waals surface area contributed by atoms with Crippen molar-refractivity contribution in [1.29, 1.82) is 0 Å². The van der Waals surface area contributed by atoms with E-state index in [-0.39, 0.29) is 24.1 Å². The quantitative estimate of drug-likeness (QED) is 0.668. The zero-order valence-corrected chi connectivity index (χ0v) is 9.77. The van der Waals surface area contributed by atoms with Gasteiger partial charge in [0.25, 0.3) is 0 Å². The van der Waals surface area contributed by atoms with Crippen molar-refractivity contribution < 1.29 is 19.0 Å². The predicted molar refractivity (Wildman–Crippen MR) is 58.0 cm³/mol. The lowest BCUT2D eigenvalue weighted by atomic mass is 9.99. The van der Waals surface area contributed by atoms with E-state index in [0.717, 1.165) is 0 Å². The Morgan fingerprint density at radius 3 is 2.69 bits per heavy atom. The number of hydrogen-bond acceptors (Lipinski definition) is 4. The Balaban J connectivity index is 1.99. The first-order valence-electron chi connectivity index (χ1n) is 5.61. The first-order chi connectivity index (χ1) is 7.50. The highest BCUT2D eigenvalue weighted by atomic mass is 16.7. The molecule has 0 radical (unpaired) electrons. The number of rotatable bonds is 2. The zero-order chi connectivity index (χ0) is 11.8. The van der Waals surface area contributed by atoms with Crippen molar-refractivity contribution in [3.8, 4) is 0 Å². The molecule has 0 unspecified atom stereocenters. The highest BCUT2D eigenvalue weighted by Gasteiger charge is 2.41. The largest absolute Gasteiger partial charge is 0.367 e. The fourth-order valence-corrected chi connectivity index (χ4v) is 2.11. The van der Waals surface area contributed by atoms with Crippen LogP contribution >= 0.6 is 0 Å². The number of carbonyl (C=O) groups is 1. The van der Waals surface area contributed by atoms with Crippen LogP contribution in [0.3, 0.4) is 0 Å². The van der Waals surface area contributed by atoms with Gasteiger partial charge in [0, 0.05) is 12.8 Å². The smallest absolute Gasteiger partial charge is 0.163 e. The second-order valence-electron chi connectivity index (χ2n) is 4.76. The molecule has 2 rings (SSSR count). The van der Waals surface area contributed by atoms with Gasteiger partial charge in [-0.05, 0) is 13.8 Å². The highest BCUT2D eigenvalue weighted by Crippen LogP contribution is 2.29. The fraction of sp³-hybridized carbons (Fsp3) is 0.750. The van der Waals surface area contributed by atoms with Gasteiger partial charge in [0.15, 0.2) is 5.79 Å². The summed E-state index contributed by atoms with van der Waals surface area (Å²) in [6.45, 7) is 7.87. The summed E-state index contributed by atoms with van der Waals surface area (Å²) in [6.07, 6.45) is 1.97. The van der Waals surface area contributed by atoms with Crippen molar-refractivity contribution in [2.75, 3.05) is 6.61 Å². The summed E-state index contributed by atoms with van der Waals surface area (Å²) in [5.74, 6) is -0.368. The average Bonchev–Trinajstić information content (AvgIpc) is 2.58. The first-order valence-corrected chi connectivity index (χ1v) is 5.61.